The summed E-state index contributed by atoms with van der Waals surface area (Å²) in [5.74, 6) is -1.07. The molecular weight excluding hydrogens is 1850 g/mol. The van der Waals surface area contributed by atoms with Gasteiger partial charge in [-0.2, -0.15) is 19.9 Å². The molecule has 6 unspecified atom stereocenters. The number of aromatic amines is 2. The van der Waals surface area contributed by atoms with E-state index in [4.69, 9.17) is 171 Å². The quantitative estimate of drug-likeness (QED) is 0.0138. The highest BCUT2D eigenvalue weighted by atomic mass is 32.7. The van der Waals surface area contributed by atoms with Gasteiger partial charge in [0, 0.05) is 92.2 Å². The van der Waals surface area contributed by atoms with E-state index in [1.54, 1.807) is 34.6 Å². The number of hydrogen-bond donors (Lipinski definition) is 7. The Bertz CT molecular complexity index is 6000. The Morgan fingerprint density at radius 1 is 0.472 bits per heavy atom. The predicted molar refractivity (Wildman–Crippen MR) is 445 cm³/mol. The molecule has 50 nitrogen and oxygen atoms in total. The molecular formula is C65H85N21O29P5S5-5. The number of fused-ring (bicyclic) bond motifs is 2. The molecule has 684 valence electrons. The molecule has 0 amide bonds. The van der Waals surface area contributed by atoms with Crippen molar-refractivity contribution in [2.75, 3.05) is 82.0 Å². The summed E-state index contributed by atoms with van der Waals surface area (Å²) in [5.41, 5.74) is 26.8. The summed E-state index contributed by atoms with van der Waals surface area (Å²) in [5, 5.41) is 0. The summed E-state index contributed by atoms with van der Waals surface area (Å²) < 4.78 is 131. The zero-order valence-corrected chi connectivity index (χ0v) is 75.5. The molecule has 0 bridgehead atoms. The summed E-state index contributed by atoms with van der Waals surface area (Å²) in [7, 11) is 1.46. The highest BCUT2D eigenvalue weighted by Crippen LogP contribution is 2.55. The van der Waals surface area contributed by atoms with Crippen LogP contribution in [-0.4, -0.2) is 204 Å². The second-order valence-electron chi connectivity index (χ2n) is 29.8. The van der Waals surface area contributed by atoms with E-state index in [1.807, 2.05) is 0 Å². The van der Waals surface area contributed by atoms with Gasteiger partial charge in [-0.1, -0.05) is 61.1 Å². The number of nitrogens with zero attached hydrogens (tertiary/aromatic N) is 14. The van der Waals surface area contributed by atoms with Crippen molar-refractivity contribution in [2.45, 2.75) is 191 Å². The number of anilines is 5. The number of H-pyrrole nitrogens is 2. The fourth-order valence-electron chi connectivity index (χ4n) is 14.8. The molecule has 6 aliphatic rings. The van der Waals surface area contributed by atoms with Crippen LogP contribution in [0.25, 0.3) is 22.3 Å². The largest absolute Gasteiger partial charge is 0.780 e. The lowest BCUT2D eigenvalue weighted by Crippen LogP contribution is -2.38. The number of ether oxygens (including phenoxy) is 8. The normalized spacial score (nSPS) is 29.5. The van der Waals surface area contributed by atoms with Gasteiger partial charge in [-0.15, -0.1) is 0 Å². The standard InChI is InChI=1S/C65H90N21O29P5S5/c1-8-33-34(11-44(105-33)81-16-28(2)52(66)75-62(81)89)111-117(94,122)101-21-40-36(13-46(106-40)83-18-30(4)54(68)77-64(83)91)113-118(95,123)103-23-42-37(14-47(108-42)85-26-73-49-55(69)71-25-72-56(49)85)114-120(97,125)104-24-43-38(15-48(109-43)86-27-74-50-57(86)78-61(70)79-59(50)88)115-119(96,124)102-22-41-35(12-45(107-41)82-17-29(3)53(67)76-63(82)90)112-116(93,121)100-20-39-32(6)51(99-10-9-98-7)60(110-39)84-19-31(5)58(87)80-65(84)92/h16-19,25-27,32-48,51,60H,8-15,20-24H2,1-7H3,(H,93,121)(H,94,122)(H,95,123)(H,96,124)(H,97,125)(H2,66,75,89)(H2,67,76,90)(H2,68,77,91)(H2,69,71,72)(H,80,87,92)(H3,70,78,79,88)/p-5/t32-,33+,34+,35+,36+,37+,38+,39+,40+,41+,42+,43+,44+,45+,46+,47+,48+,51?,60+,116?,117?,118?,119?,120?/m0/s1. The van der Waals surface area contributed by atoms with E-state index in [0.717, 1.165) is 20.0 Å². The van der Waals surface area contributed by atoms with E-state index in [-0.39, 0.29) is 102 Å². The van der Waals surface area contributed by atoms with Gasteiger partial charge < -0.3 is 144 Å². The van der Waals surface area contributed by atoms with Gasteiger partial charge in [0.05, 0.1) is 102 Å². The van der Waals surface area contributed by atoms with Gasteiger partial charge in [-0.25, -0.2) is 39.1 Å². The minimum atomic E-state index is -4.93. The zero-order valence-electron chi connectivity index (χ0n) is 67.0. The molecule has 60 heteroatoms. The molecule has 0 aliphatic carbocycles. The Labute approximate surface area is 732 Å². The van der Waals surface area contributed by atoms with Crippen molar-refractivity contribution >= 4 is 145 Å². The first-order valence-corrected chi connectivity index (χ1v) is 51.1. The summed E-state index contributed by atoms with van der Waals surface area (Å²) in [6, 6.07) is 0. The molecule has 14 heterocycles. The van der Waals surface area contributed by atoms with Crippen molar-refractivity contribution in [1.82, 2.24) is 77.2 Å². The second kappa shape index (κ2) is 38.5. The highest BCUT2D eigenvalue weighted by molar-refractivity contribution is 8.32. The van der Waals surface area contributed by atoms with Crippen LogP contribution in [0.2, 0.25) is 0 Å². The van der Waals surface area contributed by atoms with Gasteiger partial charge in [-0.3, -0.25) is 51.5 Å². The van der Waals surface area contributed by atoms with Crippen molar-refractivity contribution in [1.29, 1.82) is 0 Å². The summed E-state index contributed by atoms with van der Waals surface area (Å²) in [4.78, 5) is 174. The predicted octanol–water partition coefficient (Wildman–Crippen LogP) is -1.16. The third kappa shape index (κ3) is 21.9. The molecule has 0 radical (unpaired) electrons. The Kier molecular flexibility index (Phi) is 29.2. The lowest BCUT2D eigenvalue weighted by atomic mass is 10.0. The van der Waals surface area contributed by atoms with Crippen LogP contribution in [0, 0.1) is 33.6 Å². The smallest absolute Gasteiger partial charge is 0.351 e. The topological polar surface area (TPSA) is 672 Å². The highest BCUT2D eigenvalue weighted by Gasteiger charge is 2.49. The molecule has 6 aliphatic heterocycles. The fraction of sp³-hybridized carbons (Fsp3) is 0.600. The first-order valence-electron chi connectivity index (χ1n) is 38.3. The Hall–Kier alpha value is -6.48. The SMILES string of the molecule is CC[C@H]1O[C@@H](n2cc(C)c(N)nc2=O)C[C@H]1OP([O-])(=S)OC[C@H]1O[C@@H](n2cc(C)c(N)nc2=O)C[C@H]1OP(=O)([S-])OC[C@H]1O[C@@H](n2cnc3c(N)ncnc32)C[C@H]1OP([O-])(=S)OC[C@H]1O[C@@H](n2cnc3c(=O)[nH]c(N)nc32)C[C@H]1OP([O-])(=S)OC[C@H]1O[C@@H](n2cc(C)c(N)nc2=O)C[C@H]1OP([O-])(=S)OC[C@H]1O[C@@H](n2cc(C)c(=O)[nH]c2=O)C(OCCOC)[C@H]1C. The van der Waals surface area contributed by atoms with E-state index in [0.29, 0.717) is 23.1 Å². The summed E-state index contributed by atoms with van der Waals surface area (Å²) in [6.07, 6.45) is -14.0. The molecule has 125 heavy (non-hydrogen) atoms. The van der Waals surface area contributed by atoms with E-state index >= 15 is 0 Å². The van der Waals surface area contributed by atoms with Crippen molar-refractivity contribution in [3.63, 3.8) is 0 Å². The number of aryl methyl sites for hydroxylation is 4. The molecule has 0 saturated carbocycles. The van der Waals surface area contributed by atoms with E-state index in [9.17, 15) is 52.9 Å². The lowest BCUT2D eigenvalue weighted by Gasteiger charge is -2.36. The van der Waals surface area contributed by atoms with E-state index in [1.165, 1.54) is 65.2 Å². The monoisotopic (exact) mass is 1940 g/mol. The minimum absolute atomic E-state index is 0.00820. The average Bonchev–Trinajstić information content (AvgIpc) is 1.68. The van der Waals surface area contributed by atoms with Gasteiger partial charge in [0.2, 0.25) is 5.95 Å². The molecule has 8 aromatic rings. The van der Waals surface area contributed by atoms with Crippen LogP contribution < -0.4 is 82.1 Å². The van der Waals surface area contributed by atoms with Crippen LogP contribution in [0.3, 0.4) is 0 Å². The van der Waals surface area contributed by atoms with Crippen molar-refractivity contribution < 1.29 is 107 Å². The molecule has 24 atom stereocenters. The Morgan fingerprint density at radius 3 is 1.31 bits per heavy atom. The molecule has 12 N–H and O–H groups in total. The van der Waals surface area contributed by atoms with Crippen LogP contribution in [-0.2, 0) is 147 Å². The third-order valence-corrected chi connectivity index (χ3v) is 29.1. The van der Waals surface area contributed by atoms with Crippen LogP contribution >= 0.6 is 33.7 Å². The molecule has 0 aromatic carbocycles. The van der Waals surface area contributed by atoms with Gasteiger partial charge in [-0.05, 0) is 34.1 Å². The van der Waals surface area contributed by atoms with Crippen molar-refractivity contribution in [2.24, 2.45) is 5.92 Å². The summed E-state index contributed by atoms with van der Waals surface area (Å²) in [6.45, 7) is -17.6. The number of hydrogen-bond acceptors (Lipinski definition) is 47. The maximum Gasteiger partial charge on any atom is 0.351 e. The van der Waals surface area contributed by atoms with Crippen LogP contribution in [0.1, 0.15) is 112 Å². The van der Waals surface area contributed by atoms with Crippen LogP contribution in [0.5, 0.6) is 0 Å². The number of rotatable bonds is 36. The Morgan fingerprint density at radius 2 is 0.864 bits per heavy atom. The number of methoxy groups -OCH3 is 1. The van der Waals surface area contributed by atoms with Gasteiger partial charge in [0.25, 0.3) is 11.1 Å². The van der Waals surface area contributed by atoms with Crippen LogP contribution in [0.4, 0.5) is 29.2 Å². The minimum Gasteiger partial charge on any atom is -0.780 e. The Balaban J connectivity index is 0.676. The van der Waals surface area contributed by atoms with Crippen LogP contribution in [0.15, 0.2) is 72.5 Å². The number of nitrogens with one attached hydrogen (secondary N) is 2. The summed E-state index contributed by atoms with van der Waals surface area (Å²) >= 11 is 27.5. The molecule has 0 spiro atoms. The lowest BCUT2D eigenvalue weighted by molar-refractivity contribution is -0.220. The first kappa shape index (κ1) is 94.6. The third-order valence-electron chi connectivity index (χ3n) is 21.2. The first-order chi connectivity index (χ1) is 59.0. The number of aromatic nitrogens is 16. The molecule has 6 fully saturated rings. The average molecular weight is 1940 g/mol. The molecule has 6 saturated heterocycles. The van der Waals surface area contributed by atoms with Gasteiger partial charge in [0.1, 0.15) is 118 Å². The van der Waals surface area contributed by atoms with E-state index < -0.39 is 217 Å². The van der Waals surface area contributed by atoms with Crippen molar-refractivity contribution in [3.8, 4) is 0 Å². The molecule has 8 aromatic heterocycles. The zero-order chi connectivity index (χ0) is 89.8. The number of nitrogens with two attached hydrogens (primary N) is 5. The maximum atomic E-state index is 15.0. The van der Waals surface area contributed by atoms with Gasteiger partial charge >= 0.3 is 22.8 Å². The number of imidazole rings is 2. The van der Waals surface area contributed by atoms with Crippen molar-refractivity contribution in [3.05, 3.63) is 129 Å². The fourth-order valence-corrected chi connectivity index (χ4v) is 22.1. The maximum absolute atomic E-state index is 15.0. The molecule has 14 rings (SSSR count). The second-order valence-corrected chi connectivity index (χ2v) is 43.3. The number of nitrogen functional groups attached to an aromatic ring is 5. The van der Waals surface area contributed by atoms with Gasteiger partial charge in [0.15, 0.2) is 35.7 Å². The van der Waals surface area contributed by atoms with E-state index in [2.05, 4.69) is 49.8 Å².